The summed E-state index contributed by atoms with van der Waals surface area (Å²) < 4.78 is 0. The lowest BCUT2D eigenvalue weighted by atomic mass is 10.1. The first-order chi connectivity index (χ1) is 7.06. The molecule has 0 aliphatic heterocycles. The van der Waals surface area contributed by atoms with Gasteiger partial charge in [0.25, 0.3) is 0 Å². The smallest absolute Gasteiger partial charge is 0.0786 e. The molecule has 3 heteroatoms. The molecule has 1 unspecified atom stereocenters. The normalized spacial score (nSPS) is 12.5. The number of para-hydroxylation sites is 1. The van der Waals surface area contributed by atoms with Crippen molar-refractivity contribution in [2.24, 2.45) is 5.92 Å². The predicted molar refractivity (Wildman–Crippen MR) is 68.6 cm³/mol. The molecule has 15 heavy (non-hydrogen) atoms. The molecule has 0 radical (unpaired) electrons. The Morgan fingerprint density at radius 2 is 2.13 bits per heavy atom. The van der Waals surface area contributed by atoms with E-state index in [1.54, 1.807) is 0 Å². The molecule has 2 nitrogen and oxygen atoms in total. The van der Waals surface area contributed by atoms with Gasteiger partial charge in [0.1, 0.15) is 0 Å². The summed E-state index contributed by atoms with van der Waals surface area (Å²) in [6.07, 6.45) is 1.16. The van der Waals surface area contributed by atoms with Crippen molar-refractivity contribution in [3.05, 3.63) is 23.2 Å². The van der Waals surface area contributed by atoms with Crippen LogP contribution in [-0.2, 0) is 0 Å². The van der Waals surface area contributed by atoms with Crippen molar-refractivity contribution in [2.75, 3.05) is 24.2 Å². The van der Waals surface area contributed by atoms with E-state index in [0.29, 0.717) is 5.92 Å². The first-order valence-electron chi connectivity index (χ1n) is 5.31. The van der Waals surface area contributed by atoms with Crippen LogP contribution in [0, 0.1) is 5.92 Å². The van der Waals surface area contributed by atoms with Crippen molar-refractivity contribution in [2.45, 2.75) is 20.3 Å². The van der Waals surface area contributed by atoms with Crippen LogP contribution < -0.4 is 10.6 Å². The summed E-state index contributed by atoms with van der Waals surface area (Å²) in [5, 5.41) is 0.723. The maximum absolute atomic E-state index is 6.13. The van der Waals surface area contributed by atoms with Crippen LogP contribution in [0.1, 0.15) is 20.3 Å². The zero-order valence-electron chi connectivity index (χ0n) is 9.63. The van der Waals surface area contributed by atoms with Crippen LogP contribution in [0.2, 0.25) is 5.02 Å². The highest BCUT2D eigenvalue weighted by Crippen LogP contribution is 2.31. The van der Waals surface area contributed by atoms with E-state index >= 15 is 0 Å². The lowest BCUT2D eigenvalue weighted by Crippen LogP contribution is -2.24. The van der Waals surface area contributed by atoms with Gasteiger partial charge in [-0.15, -0.1) is 0 Å². The fourth-order valence-corrected chi connectivity index (χ4v) is 1.95. The number of nitrogen functional groups attached to an aromatic ring is 1. The van der Waals surface area contributed by atoms with E-state index in [9.17, 15) is 0 Å². The van der Waals surface area contributed by atoms with E-state index < -0.39 is 0 Å². The highest BCUT2D eigenvalue weighted by atomic mass is 35.5. The van der Waals surface area contributed by atoms with Gasteiger partial charge < -0.3 is 10.6 Å². The number of halogens is 1. The molecule has 0 amide bonds. The number of anilines is 2. The highest BCUT2D eigenvalue weighted by molar-refractivity contribution is 6.33. The summed E-state index contributed by atoms with van der Waals surface area (Å²) in [5.41, 5.74) is 7.60. The average Bonchev–Trinajstić information content (AvgIpc) is 2.17. The number of rotatable bonds is 4. The van der Waals surface area contributed by atoms with Crippen LogP contribution in [0.5, 0.6) is 0 Å². The third-order valence-electron chi connectivity index (χ3n) is 2.68. The Kier molecular flexibility index (Phi) is 4.28. The average molecular weight is 227 g/mol. The van der Waals surface area contributed by atoms with Crippen molar-refractivity contribution in [3.8, 4) is 0 Å². The van der Waals surface area contributed by atoms with Gasteiger partial charge in [-0.05, 0) is 18.1 Å². The van der Waals surface area contributed by atoms with Gasteiger partial charge in [-0.2, -0.15) is 0 Å². The maximum atomic E-state index is 6.13. The lowest BCUT2D eigenvalue weighted by molar-refractivity contribution is 0.560. The zero-order chi connectivity index (χ0) is 11.4. The fourth-order valence-electron chi connectivity index (χ4n) is 1.62. The Bertz CT molecular complexity index is 305. The zero-order valence-corrected chi connectivity index (χ0v) is 10.4. The number of hydrogen-bond acceptors (Lipinski definition) is 2. The van der Waals surface area contributed by atoms with E-state index in [2.05, 4.69) is 18.7 Å². The molecule has 0 fully saturated rings. The molecule has 0 saturated carbocycles. The summed E-state index contributed by atoms with van der Waals surface area (Å²) in [5.74, 6) is 0.644. The Hall–Kier alpha value is -0.890. The van der Waals surface area contributed by atoms with Crippen molar-refractivity contribution in [1.29, 1.82) is 0 Å². The lowest BCUT2D eigenvalue weighted by Gasteiger charge is -2.25. The second-order valence-corrected chi connectivity index (χ2v) is 4.48. The van der Waals surface area contributed by atoms with E-state index in [1.807, 2.05) is 25.2 Å². The Morgan fingerprint density at radius 1 is 1.47 bits per heavy atom. The number of nitrogens with zero attached hydrogens (tertiary/aromatic N) is 1. The van der Waals surface area contributed by atoms with E-state index in [0.717, 1.165) is 29.4 Å². The van der Waals surface area contributed by atoms with E-state index in [-0.39, 0.29) is 0 Å². The monoisotopic (exact) mass is 226 g/mol. The van der Waals surface area contributed by atoms with E-state index in [1.165, 1.54) is 0 Å². The van der Waals surface area contributed by atoms with Gasteiger partial charge in [0.15, 0.2) is 0 Å². The molecule has 0 saturated heterocycles. The first kappa shape index (κ1) is 12.2. The number of nitrogens with two attached hydrogens (primary N) is 1. The molecule has 0 aliphatic carbocycles. The Balaban J connectivity index is 2.86. The largest absolute Gasteiger partial charge is 0.397 e. The predicted octanol–water partition coefficient (Wildman–Crippen LogP) is 3.40. The number of hydrogen-bond donors (Lipinski definition) is 1. The molecule has 84 valence electrons. The molecule has 1 aromatic carbocycles. The molecular formula is C12H19ClN2. The van der Waals surface area contributed by atoms with Gasteiger partial charge >= 0.3 is 0 Å². The van der Waals surface area contributed by atoms with Gasteiger partial charge in [0.2, 0.25) is 0 Å². The van der Waals surface area contributed by atoms with Crippen molar-refractivity contribution in [1.82, 2.24) is 0 Å². The van der Waals surface area contributed by atoms with Crippen LogP contribution in [0.15, 0.2) is 18.2 Å². The summed E-state index contributed by atoms with van der Waals surface area (Å²) in [6, 6.07) is 5.63. The van der Waals surface area contributed by atoms with Crippen molar-refractivity contribution < 1.29 is 0 Å². The van der Waals surface area contributed by atoms with Gasteiger partial charge in [-0.3, -0.25) is 0 Å². The fraction of sp³-hybridized carbons (Fsp3) is 0.500. The number of benzene rings is 1. The molecule has 1 atom stereocenters. The third kappa shape index (κ3) is 3.03. The molecule has 1 aromatic rings. The summed E-state index contributed by atoms with van der Waals surface area (Å²) >= 11 is 6.13. The molecule has 0 spiro atoms. The molecule has 0 aliphatic rings. The standard InChI is InChI=1S/C12H19ClN2/c1-4-9(2)8-15(3)12-10(13)6-5-7-11(12)14/h5-7,9H,4,8,14H2,1-3H3. The van der Waals surface area contributed by atoms with Crippen LogP contribution in [0.3, 0.4) is 0 Å². The van der Waals surface area contributed by atoms with Gasteiger partial charge in [0.05, 0.1) is 16.4 Å². The quantitative estimate of drug-likeness (QED) is 0.798. The van der Waals surface area contributed by atoms with Crippen LogP contribution >= 0.6 is 11.6 Å². The third-order valence-corrected chi connectivity index (χ3v) is 2.99. The van der Waals surface area contributed by atoms with Crippen molar-refractivity contribution in [3.63, 3.8) is 0 Å². The highest BCUT2D eigenvalue weighted by Gasteiger charge is 2.11. The summed E-state index contributed by atoms with van der Waals surface area (Å²) in [4.78, 5) is 2.13. The second-order valence-electron chi connectivity index (χ2n) is 4.07. The SMILES string of the molecule is CCC(C)CN(C)c1c(N)cccc1Cl. The molecule has 0 aromatic heterocycles. The molecule has 0 heterocycles. The maximum Gasteiger partial charge on any atom is 0.0786 e. The molecule has 0 bridgehead atoms. The first-order valence-corrected chi connectivity index (χ1v) is 5.69. The Labute approximate surface area is 97.0 Å². The summed E-state index contributed by atoms with van der Waals surface area (Å²) in [6.45, 7) is 5.39. The molecule has 2 N–H and O–H groups in total. The molecule has 1 rings (SSSR count). The van der Waals surface area contributed by atoms with Crippen LogP contribution in [-0.4, -0.2) is 13.6 Å². The van der Waals surface area contributed by atoms with Gasteiger partial charge in [0, 0.05) is 13.6 Å². The minimum Gasteiger partial charge on any atom is -0.397 e. The minimum absolute atomic E-state index is 0.644. The van der Waals surface area contributed by atoms with Crippen LogP contribution in [0.4, 0.5) is 11.4 Å². The summed E-state index contributed by atoms with van der Waals surface area (Å²) in [7, 11) is 2.03. The van der Waals surface area contributed by atoms with Crippen LogP contribution in [0.25, 0.3) is 0 Å². The van der Waals surface area contributed by atoms with E-state index in [4.69, 9.17) is 17.3 Å². The van der Waals surface area contributed by atoms with Gasteiger partial charge in [-0.25, -0.2) is 0 Å². The van der Waals surface area contributed by atoms with Crippen molar-refractivity contribution >= 4 is 23.0 Å². The Morgan fingerprint density at radius 3 is 2.67 bits per heavy atom. The minimum atomic E-state index is 0.644. The van der Waals surface area contributed by atoms with Gasteiger partial charge in [-0.1, -0.05) is 37.9 Å². The molecular weight excluding hydrogens is 208 g/mol. The second kappa shape index (κ2) is 5.26. The topological polar surface area (TPSA) is 29.3 Å².